The molecule has 344 valence electrons. The number of carbonyl (C=O) groups excluding carboxylic acids is 1. The number of carbonyl (C=O) groups is 1. The number of nitrogens with zero attached hydrogens (tertiary/aromatic N) is 1. The van der Waals surface area contributed by atoms with Crippen molar-refractivity contribution in [3.63, 3.8) is 0 Å². The minimum Gasteiger partial charge on any atom is -0.287 e. The average Bonchev–Trinajstić information content (AvgIpc) is 3.31. The summed E-state index contributed by atoms with van der Waals surface area (Å²) in [4.78, 5) is 12.4. The number of alkyl halides is 1. The normalized spacial score (nSPS) is 11.6. The van der Waals surface area contributed by atoms with Crippen LogP contribution < -0.4 is 26.4 Å². The molecule has 0 saturated carbocycles. The molecule has 6 aromatic carbocycles. The van der Waals surface area contributed by atoms with Gasteiger partial charge in [-0.25, -0.2) is 87.8 Å². The van der Waals surface area contributed by atoms with E-state index in [1.54, 1.807) is 0 Å². The third kappa shape index (κ3) is 7.55. The van der Waals surface area contributed by atoms with Crippen LogP contribution in [0.4, 0.5) is 87.8 Å². The fraction of sp³-hybridized carbons (Fsp3) is 0.0476. The van der Waals surface area contributed by atoms with Gasteiger partial charge < -0.3 is 0 Å². The smallest absolute Gasteiger partial charge is 0.227 e. The van der Waals surface area contributed by atoms with Crippen LogP contribution in [0, 0.1) is 116 Å². The zero-order chi connectivity index (χ0) is 49.0. The van der Waals surface area contributed by atoms with E-state index < -0.39 is 144 Å². The van der Waals surface area contributed by atoms with Gasteiger partial charge in [0.05, 0.1) is 5.39 Å². The number of benzene rings is 6. The van der Waals surface area contributed by atoms with Gasteiger partial charge in [-0.2, -0.15) is 4.57 Å². The molecule has 7 aromatic rings. The van der Waals surface area contributed by atoms with E-state index in [9.17, 15) is 57.5 Å². The van der Waals surface area contributed by atoms with E-state index in [0.717, 1.165) is 22.0 Å². The number of halogens is 21. The molecule has 0 aliphatic rings. The number of rotatable bonds is 8. The summed E-state index contributed by atoms with van der Waals surface area (Å²) in [5.41, 5.74) is -12.6. The van der Waals surface area contributed by atoms with Gasteiger partial charge in [-0.3, -0.25) is 4.79 Å². The summed E-state index contributed by atoms with van der Waals surface area (Å²) in [7, 11) is 0. The van der Waals surface area contributed by atoms with Gasteiger partial charge in [0.15, 0.2) is 76.0 Å². The van der Waals surface area contributed by atoms with Crippen LogP contribution in [0.2, 0.25) is 0 Å². The summed E-state index contributed by atoms with van der Waals surface area (Å²) in [6.45, 7) is 0.302. The first-order chi connectivity index (χ1) is 31.0. The minimum atomic E-state index is -7.22. The molecule has 66 heavy (non-hydrogen) atoms. The Hall–Kier alpha value is -6.65. The van der Waals surface area contributed by atoms with Crippen molar-refractivity contribution >= 4 is 56.2 Å². The third-order valence-corrected chi connectivity index (χ3v) is 10.5. The third-order valence-electron chi connectivity index (χ3n) is 10.3. The van der Waals surface area contributed by atoms with E-state index in [1.165, 1.54) is 0 Å². The van der Waals surface area contributed by atoms with Gasteiger partial charge in [0.2, 0.25) is 18.0 Å². The van der Waals surface area contributed by atoms with E-state index in [1.807, 2.05) is 65.4 Å². The Balaban J connectivity index is 0.000000284. The molecule has 0 saturated heterocycles. The molecule has 0 unspecified atom stereocenters. The number of ketones is 1. The molecule has 0 aliphatic heterocycles. The van der Waals surface area contributed by atoms with E-state index in [-0.39, 0.29) is 5.78 Å². The molecule has 0 spiro atoms. The van der Waals surface area contributed by atoms with E-state index in [2.05, 4.69) is 6.07 Å². The van der Waals surface area contributed by atoms with Crippen molar-refractivity contribution in [3.05, 3.63) is 194 Å². The Kier molecular flexibility index (Phi) is 13.5. The monoisotopic (exact) mass is 975 g/mol. The molecule has 0 radical (unpaired) electrons. The second kappa shape index (κ2) is 18.3. The van der Waals surface area contributed by atoms with E-state index >= 15 is 35.1 Å². The molecule has 0 fully saturated rings. The highest BCUT2D eigenvalue weighted by Crippen LogP contribution is 2.31. The summed E-state index contributed by atoms with van der Waals surface area (Å²) in [6, 6.07) is 19.4. The molecule has 1 aromatic heterocycles. The number of fused-ring (bicyclic) bond motifs is 1. The first-order valence-corrected chi connectivity index (χ1v) is 18.3. The first kappa shape index (κ1) is 48.8. The van der Waals surface area contributed by atoms with Gasteiger partial charge in [-0.1, -0.05) is 48.5 Å². The molecule has 7 rings (SSSR count). The standard InChI is InChI=1S/C24BF20.C18H15ClNO/c26-5-1(6(27)14(35)21(42)13(5)34)25(2-7(28)15(36)22(43)16(37)8(2)29,3-9(30)17(38)23(44)18(39)10(3)31)4-11(32)19(40)24(45)20(41)12(4)33;19-12-17-16-9-5-4-6-14(16)10-11-20(17)13-18(21)15-7-2-1-3-8-15/h;1-11H,12-13H2/q-1;+1. The van der Waals surface area contributed by atoms with Crippen LogP contribution in [0.15, 0.2) is 66.9 Å². The van der Waals surface area contributed by atoms with Crippen LogP contribution in [0.1, 0.15) is 16.1 Å². The Bertz CT molecular complexity index is 2750. The van der Waals surface area contributed by atoms with Crippen molar-refractivity contribution in [2.45, 2.75) is 12.4 Å². The highest BCUT2D eigenvalue weighted by Gasteiger charge is 2.52. The Morgan fingerprint density at radius 1 is 0.394 bits per heavy atom. The van der Waals surface area contributed by atoms with Crippen molar-refractivity contribution in [1.82, 2.24) is 0 Å². The van der Waals surface area contributed by atoms with Crippen molar-refractivity contribution in [1.29, 1.82) is 0 Å². The number of hydrogen-bond acceptors (Lipinski definition) is 1. The zero-order valence-corrected chi connectivity index (χ0v) is 32.4. The highest BCUT2D eigenvalue weighted by atomic mass is 35.5. The van der Waals surface area contributed by atoms with Crippen molar-refractivity contribution in [2.75, 3.05) is 0 Å². The van der Waals surface area contributed by atoms with Crippen LogP contribution >= 0.6 is 11.6 Å². The molecule has 24 heteroatoms. The van der Waals surface area contributed by atoms with Crippen LogP contribution in [0.3, 0.4) is 0 Å². The Labute approximate surface area is 359 Å². The fourth-order valence-corrected chi connectivity index (χ4v) is 7.66. The summed E-state index contributed by atoms with van der Waals surface area (Å²) in [6.07, 6.45) is -5.29. The predicted octanol–water partition coefficient (Wildman–Crippen LogP) is 9.59. The van der Waals surface area contributed by atoms with Gasteiger partial charge in [0.1, 0.15) is 58.6 Å². The summed E-state index contributed by atoms with van der Waals surface area (Å²) in [5.74, 6) is -70.9. The molecular weight excluding hydrogens is 961 g/mol. The quantitative estimate of drug-likeness (QED) is 0.0283. The fourth-order valence-electron chi connectivity index (χ4n) is 7.36. The lowest BCUT2D eigenvalue weighted by Crippen LogP contribution is -2.81. The molecule has 1 heterocycles. The minimum absolute atomic E-state index is 0.0854. The van der Waals surface area contributed by atoms with Crippen LogP contribution in [0.25, 0.3) is 10.8 Å². The lowest BCUT2D eigenvalue weighted by molar-refractivity contribution is -0.688. The van der Waals surface area contributed by atoms with E-state index in [4.69, 9.17) is 11.6 Å². The number of pyridine rings is 1. The number of aromatic nitrogens is 1. The Morgan fingerprint density at radius 2 is 0.682 bits per heavy atom. The maximum Gasteiger partial charge on any atom is 0.227 e. The van der Waals surface area contributed by atoms with Crippen LogP contribution in [0.5, 0.6) is 0 Å². The second-order valence-corrected chi connectivity index (χ2v) is 14.0. The van der Waals surface area contributed by atoms with Gasteiger partial charge in [0.25, 0.3) is 0 Å². The lowest BCUT2D eigenvalue weighted by Gasteiger charge is -2.44. The topological polar surface area (TPSA) is 20.9 Å². The molecule has 0 bridgehead atoms. The maximum absolute atomic E-state index is 15.4. The van der Waals surface area contributed by atoms with Gasteiger partial charge in [-0.05, 0) is 11.5 Å². The van der Waals surface area contributed by atoms with Crippen molar-refractivity contribution < 1.29 is 97.2 Å². The maximum atomic E-state index is 15.4. The van der Waals surface area contributed by atoms with Gasteiger partial charge in [0, 0.05) is 11.6 Å². The van der Waals surface area contributed by atoms with Gasteiger partial charge in [-0.15, -0.1) is 33.5 Å². The van der Waals surface area contributed by atoms with Crippen LogP contribution in [-0.4, -0.2) is 11.9 Å². The van der Waals surface area contributed by atoms with Gasteiger partial charge >= 0.3 is 0 Å². The average molecular weight is 976 g/mol. The number of hydrogen-bond donors (Lipinski definition) is 0. The van der Waals surface area contributed by atoms with E-state index in [0.29, 0.717) is 12.4 Å². The van der Waals surface area contributed by atoms with Crippen LogP contribution in [-0.2, 0) is 12.4 Å². The first-order valence-electron chi connectivity index (χ1n) is 17.8. The SMILES string of the molecule is Fc1c(F)c(F)c([B-](c2c(F)c(F)c(F)c(F)c2F)(c2c(F)c(F)c(F)c(F)c2F)c2c(F)c(F)c(F)c(F)c2F)c(F)c1F.O=C(C[n+]1ccc2ccccc2c1CCl)c1ccccc1. The number of Topliss-reactive ketones (excluding diaryl/α,β-unsaturated/α-hetero) is 1. The second-order valence-electron chi connectivity index (χ2n) is 13.7. The molecule has 0 aliphatic carbocycles. The highest BCUT2D eigenvalue weighted by molar-refractivity contribution is 7.20. The summed E-state index contributed by atoms with van der Waals surface area (Å²) >= 11 is 6.11. The molecule has 0 amide bonds. The van der Waals surface area contributed by atoms with Crippen molar-refractivity contribution in [2.24, 2.45) is 0 Å². The molecular formula is C42H15BClF20NO. The predicted molar refractivity (Wildman–Crippen MR) is 194 cm³/mol. The molecule has 0 N–H and O–H groups in total. The molecule has 0 atom stereocenters. The molecule has 2 nitrogen and oxygen atoms in total. The Morgan fingerprint density at radius 3 is 1.00 bits per heavy atom. The summed E-state index contributed by atoms with van der Waals surface area (Å²) in [5, 5.41) is 2.23. The zero-order valence-electron chi connectivity index (χ0n) is 31.6. The summed E-state index contributed by atoms with van der Waals surface area (Å²) < 4.78 is 296. The van der Waals surface area contributed by atoms with Crippen molar-refractivity contribution in [3.8, 4) is 0 Å². The largest absolute Gasteiger partial charge is 0.287 e. The lowest BCUT2D eigenvalue weighted by atomic mass is 9.12.